The molecule has 106 valence electrons. The standard InChI is InChI=1S/C16H19NO2S/c1-11-6-7-15(12(2)9-11)20-10-16(18)17-13(3)14-5-4-8-19-14/h4-9,13H,10H2,1-3H3,(H,17,18). The van der Waals surface area contributed by atoms with E-state index < -0.39 is 0 Å². The summed E-state index contributed by atoms with van der Waals surface area (Å²) in [6.45, 7) is 6.05. The number of furan rings is 1. The van der Waals surface area contributed by atoms with E-state index in [1.165, 1.54) is 11.1 Å². The van der Waals surface area contributed by atoms with Crippen molar-refractivity contribution < 1.29 is 9.21 Å². The average Bonchev–Trinajstić information content (AvgIpc) is 2.91. The van der Waals surface area contributed by atoms with E-state index in [1.807, 2.05) is 19.1 Å². The number of amides is 1. The third-order valence-corrected chi connectivity index (χ3v) is 4.21. The van der Waals surface area contributed by atoms with E-state index in [1.54, 1.807) is 18.0 Å². The normalized spacial score (nSPS) is 12.2. The Hall–Kier alpha value is -1.68. The summed E-state index contributed by atoms with van der Waals surface area (Å²) < 4.78 is 5.27. The third kappa shape index (κ3) is 3.90. The van der Waals surface area contributed by atoms with Crippen molar-refractivity contribution in [3.05, 3.63) is 53.5 Å². The van der Waals surface area contributed by atoms with Gasteiger partial charge in [-0.05, 0) is 44.5 Å². The summed E-state index contributed by atoms with van der Waals surface area (Å²) >= 11 is 1.56. The number of aryl methyl sites for hydroxylation is 2. The highest BCUT2D eigenvalue weighted by molar-refractivity contribution is 8.00. The van der Waals surface area contributed by atoms with E-state index in [2.05, 4.69) is 37.4 Å². The second-order valence-corrected chi connectivity index (χ2v) is 5.88. The van der Waals surface area contributed by atoms with E-state index in [9.17, 15) is 4.79 Å². The molecule has 2 aromatic rings. The molecule has 2 rings (SSSR count). The van der Waals surface area contributed by atoms with Crippen molar-refractivity contribution in [3.63, 3.8) is 0 Å². The number of carbonyl (C=O) groups excluding carboxylic acids is 1. The average molecular weight is 289 g/mol. The van der Waals surface area contributed by atoms with Gasteiger partial charge in [0, 0.05) is 4.90 Å². The molecule has 20 heavy (non-hydrogen) atoms. The lowest BCUT2D eigenvalue weighted by Crippen LogP contribution is -2.27. The van der Waals surface area contributed by atoms with Gasteiger partial charge in [-0.2, -0.15) is 0 Å². The van der Waals surface area contributed by atoms with Crippen LogP contribution >= 0.6 is 11.8 Å². The molecular formula is C16H19NO2S. The lowest BCUT2D eigenvalue weighted by molar-refractivity contribution is -0.119. The van der Waals surface area contributed by atoms with Crippen LogP contribution in [0.1, 0.15) is 29.9 Å². The van der Waals surface area contributed by atoms with Crippen LogP contribution in [0, 0.1) is 13.8 Å². The van der Waals surface area contributed by atoms with Gasteiger partial charge in [-0.15, -0.1) is 11.8 Å². The molecule has 1 heterocycles. The number of hydrogen-bond donors (Lipinski definition) is 1. The van der Waals surface area contributed by atoms with Crippen LogP contribution in [0.15, 0.2) is 45.9 Å². The van der Waals surface area contributed by atoms with E-state index in [-0.39, 0.29) is 11.9 Å². The maximum Gasteiger partial charge on any atom is 0.230 e. The number of thioether (sulfide) groups is 1. The third-order valence-electron chi connectivity index (χ3n) is 3.04. The molecule has 0 spiro atoms. The molecule has 4 heteroatoms. The van der Waals surface area contributed by atoms with Gasteiger partial charge < -0.3 is 9.73 Å². The zero-order valence-corrected chi connectivity index (χ0v) is 12.8. The fraction of sp³-hybridized carbons (Fsp3) is 0.312. The molecule has 0 fully saturated rings. The minimum Gasteiger partial charge on any atom is -0.467 e. The van der Waals surface area contributed by atoms with E-state index in [0.717, 1.165) is 10.7 Å². The van der Waals surface area contributed by atoms with Gasteiger partial charge in [0.1, 0.15) is 5.76 Å². The van der Waals surface area contributed by atoms with Crippen LogP contribution in [-0.4, -0.2) is 11.7 Å². The zero-order chi connectivity index (χ0) is 14.5. The molecule has 0 saturated carbocycles. The van der Waals surface area contributed by atoms with Crippen LogP contribution in [0.4, 0.5) is 0 Å². The van der Waals surface area contributed by atoms with Crippen LogP contribution < -0.4 is 5.32 Å². The van der Waals surface area contributed by atoms with Crippen LogP contribution in [0.5, 0.6) is 0 Å². The molecule has 0 saturated heterocycles. The van der Waals surface area contributed by atoms with Gasteiger partial charge in [0.15, 0.2) is 0 Å². The molecule has 1 unspecified atom stereocenters. The SMILES string of the molecule is Cc1ccc(SCC(=O)NC(C)c2ccco2)c(C)c1. The smallest absolute Gasteiger partial charge is 0.230 e. The van der Waals surface area contributed by atoms with Gasteiger partial charge in [0.05, 0.1) is 18.1 Å². The highest BCUT2D eigenvalue weighted by Gasteiger charge is 2.12. The largest absolute Gasteiger partial charge is 0.467 e. The summed E-state index contributed by atoms with van der Waals surface area (Å²) in [6.07, 6.45) is 1.61. The van der Waals surface area contributed by atoms with Gasteiger partial charge in [-0.3, -0.25) is 4.79 Å². The summed E-state index contributed by atoms with van der Waals surface area (Å²) in [4.78, 5) is 13.1. The topological polar surface area (TPSA) is 42.2 Å². The van der Waals surface area contributed by atoms with Gasteiger partial charge >= 0.3 is 0 Å². The van der Waals surface area contributed by atoms with E-state index in [4.69, 9.17) is 4.42 Å². The van der Waals surface area contributed by atoms with Crippen molar-refractivity contribution in [2.24, 2.45) is 0 Å². The Balaban J connectivity index is 1.86. The molecule has 1 aromatic heterocycles. The molecule has 1 N–H and O–H groups in total. The molecule has 1 atom stereocenters. The summed E-state index contributed by atoms with van der Waals surface area (Å²) in [5.74, 6) is 1.20. The number of rotatable bonds is 5. The van der Waals surface area contributed by atoms with Crippen LogP contribution in [-0.2, 0) is 4.79 Å². The van der Waals surface area contributed by atoms with Crippen LogP contribution in [0.25, 0.3) is 0 Å². The Morgan fingerprint density at radius 3 is 2.80 bits per heavy atom. The molecule has 1 aromatic carbocycles. The Morgan fingerprint density at radius 2 is 2.15 bits per heavy atom. The number of hydrogen-bond acceptors (Lipinski definition) is 3. The van der Waals surface area contributed by atoms with Gasteiger partial charge in [0.25, 0.3) is 0 Å². The molecule has 3 nitrogen and oxygen atoms in total. The van der Waals surface area contributed by atoms with Gasteiger partial charge in [-0.25, -0.2) is 0 Å². The Labute approximate surface area is 123 Å². The Kier molecular flexibility index (Phi) is 4.90. The first-order valence-electron chi connectivity index (χ1n) is 6.59. The lowest BCUT2D eigenvalue weighted by atomic mass is 10.2. The molecule has 0 radical (unpaired) electrons. The lowest BCUT2D eigenvalue weighted by Gasteiger charge is -2.12. The summed E-state index contributed by atoms with van der Waals surface area (Å²) in [5, 5.41) is 2.93. The predicted molar refractivity (Wildman–Crippen MR) is 81.9 cm³/mol. The van der Waals surface area contributed by atoms with Crippen molar-refractivity contribution in [1.82, 2.24) is 5.32 Å². The molecule has 0 aliphatic rings. The summed E-state index contributed by atoms with van der Waals surface area (Å²) in [5.41, 5.74) is 2.45. The first-order valence-corrected chi connectivity index (χ1v) is 7.57. The Morgan fingerprint density at radius 1 is 1.35 bits per heavy atom. The second kappa shape index (κ2) is 6.66. The van der Waals surface area contributed by atoms with Gasteiger partial charge in [-0.1, -0.05) is 17.7 Å². The fourth-order valence-corrected chi connectivity index (χ4v) is 2.82. The molecule has 0 aliphatic carbocycles. The van der Waals surface area contributed by atoms with Crippen LogP contribution in [0.2, 0.25) is 0 Å². The predicted octanol–water partition coefficient (Wildman–Crippen LogP) is 3.87. The fourth-order valence-electron chi connectivity index (χ4n) is 2.00. The van der Waals surface area contributed by atoms with Crippen molar-refractivity contribution in [1.29, 1.82) is 0 Å². The maximum absolute atomic E-state index is 11.9. The number of benzene rings is 1. The van der Waals surface area contributed by atoms with E-state index >= 15 is 0 Å². The zero-order valence-electron chi connectivity index (χ0n) is 12.0. The minimum absolute atomic E-state index is 0.0128. The number of nitrogens with one attached hydrogen (secondary N) is 1. The quantitative estimate of drug-likeness (QED) is 0.850. The minimum atomic E-state index is -0.0998. The monoisotopic (exact) mass is 289 g/mol. The molecule has 0 bridgehead atoms. The number of carbonyl (C=O) groups is 1. The summed E-state index contributed by atoms with van der Waals surface area (Å²) in [6, 6.07) is 9.85. The highest BCUT2D eigenvalue weighted by Crippen LogP contribution is 2.23. The van der Waals surface area contributed by atoms with E-state index in [0.29, 0.717) is 5.75 Å². The van der Waals surface area contributed by atoms with Crippen molar-refractivity contribution in [2.75, 3.05) is 5.75 Å². The van der Waals surface area contributed by atoms with Crippen molar-refractivity contribution in [3.8, 4) is 0 Å². The molecule has 1 amide bonds. The van der Waals surface area contributed by atoms with Gasteiger partial charge in [0.2, 0.25) is 5.91 Å². The van der Waals surface area contributed by atoms with Crippen LogP contribution in [0.3, 0.4) is 0 Å². The second-order valence-electron chi connectivity index (χ2n) is 4.86. The first-order chi connectivity index (χ1) is 9.56. The summed E-state index contributed by atoms with van der Waals surface area (Å²) in [7, 11) is 0. The first kappa shape index (κ1) is 14.7. The molecular weight excluding hydrogens is 270 g/mol. The maximum atomic E-state index is 11.9. The molecule has 0 aliphatic heterocycles. The highest BCUT2D eigenvalue weighted by atomic mass is 32.2. The Bertz CT molecular complexity index is 578. The van der Waals surface area contributed by atoms with Crippen molar-refractivity contribution in [2.45, 2.75) is 31.7 Å². The van der Waals surface area contributed by atoms with Crippen molar-refractivity contribution >= 4 is 17.7 Å².